The summed E-state index contributed by atoms with van der Waals surface area (Å²) in [6.07, 6.45) is 6.60. The highest BCUT2D eigenvalue weighted by molar-refractivity contribution is 5.83. The van der Waals surface area contributed by atoms with Gasteiger partial charge in [0, 0.05) is 12.8 Å². The third-order valence-electron chi connectivity index (χ3n) is 6.67. The molecule has 1 atom stereocenters. The molecule has 3 rings (SSSR count). The van der Waals surface area contributed by atoms with Crippen LogP contribution in [0.2, 0.25) is 0 Å². The van der Waals surface area contributed by atoms with Crippen molar-refractivity contribution in [2.75, 3.05) is 34.3 Å². The van der Waals surface area contributed by atoms with Gasteiger partial charge in [-0.3, -0.25) is 4.79 Å². The number of benzene rings is 1. The number of ether oxygens (including phenoxy) is 2. The molecule has 5 heteroatoms. The van der Waals surface area contributed by atoms with Crippen molar-refractivity contribution in [2.45, 2.75) is 57.0 Å². The van der Waals surface area contributed by atoms with Crippen molar-refractivity contribution in [2.24, 2.45) is 5.92 Å². The third-order valence-corrected chi connectivity index (χ3v) is 6.67. The van der Waals surface area contributed by atoms with Crippen LogP contribution in [-0.2, 0) is 14.9 Å². The Balaban J connectivity index is 0.00000261. The zero-order chi connectivity index (χ0) is 18.8. The Labute approximate surface area is 181 Å². The Morgan fingerprint density at radius 2 is 1.59 bits per heavy atom. The van der Waals surface area contributed by atoms with Crippen molar-refractivity contribution in [3.8, 4) is 5.75 Å². The van der Waals surface area contributed by atoms with Crippen LogP contribution in [0.5, 0.6) is 5.75 Å². The van der Waals surface area contributed by atoms with Crippen LogP contribution >= 0.6 is 0 Å². The predicted molar refractivity (Wildman–Crippen MR) is 103 cm³/mol. The van der Waals surface area contributed by atoms with Gasteiger partial charge in [-0.25, -0.2) is 0 Å². The lowest BCUT2D eigenvalue weighted by atomic mass is 9.71. The molecule has 0 radical (unpaired) electrons. The molecule has 152 valence electrons. The van der Waals surface area contributed by atoms with Crippen molar-refractivity contribution >= 4 is 5.97 Å². The first kappa shape index (κ1) is 22.5. The lowest BCUT2D eigenvalue weighted by Gasteiger charge is -2.39. The number of esters is 1. The number of likely N-dealkylation sites (tertiary alicyclic amines) is 1. The number of methoxy groups -OCH3 is 1. The van der Waals surface area contributed by atoms with E-state index >= 15 is 0 Å². The van der Waals surface area contributed by atoms with E-state index in [2.05, 4.69) is 21.0 Å². The maximum absolute atomic E-state index is 13.4. The second-order valence-electron chi connectivity index (χ2n) is 8.90. The molecule has 0 amide bonds. The van der Waals surface area contributed by atoms with Crippen LogP contribution in [0.3, 0.4) is 0 Å². The van der Waals surface area contributed by atoms with Gasteiger partial charge in [-0.1, -0.05) is 25.0 Å². The Morgan fingerprint density at radius 3 is 2.11 bits per heavy atom. The molecule has 1 unspecified atom stereocenters. The Kier molecular flexibility index (Phi) is 7.59. The maximum atomic E-state index is 13.4. The van der Waals surface area contributed by atoms with Gasteiger partial charge in [-0.15, -0.1) is 0 Å². The van der Waals surface area contributed by atoms with E-state index in [1.54, 1.807) is 7.11 Å². The van der Waals surface area contributed by atoms with E-state index < -0.39 is 5.41 Å². The first-order valence-corrected chi connectivity index (χ1v) is 10.0. The van der Waals surface area contributed by atoms with E-state index in [9.17, 15) is 4.79 Å². The van der Waals surface area contributed by atoms with Crippen molar-refractivity contribution in [1.82, 2.24) is 0 Å². The van der Waals surface area contributed by atoms with E-state index in [4.69, 9.17) is 9.47 Å². The molecule has 2 fully saturated rings. The molecule has 0 spiro atoms. The van der Waals surface area contributed by atoms with Crippen LogP contribution in [-0.4, -0.2) is 50.9 Å². The van der Waals surface area contributed by atoms with Gasteiger partial charge in [-0.2, -0.15) is 0 Å². The molecule has 1 saturated carbocycles. The fourth-order valence-corrected chi connectivity index (χ4v) is 4.60. The average Bonchev–Trinajstić information content (AvgIpc) is 3.18. The number of quaternary nitrogens is 1. The summed E-state index contributed by atoms with van der Waals surface area (Å²) in [6.45, 7) is 4.23. The minimum atomic E-state index is -0.565. The van der Waals surface area contributed by atoms with E-state index in [1.165, 1.54) is 12.8 Å². The van der Waals surface area contributed by atoms with Crippen LogP contribution in [0.4, 0.5) is 0 Å². The largest absolute Gasteiger partial charge is 1.00 e. The normalized spacial score (nSPS) is 22.5. The fraction of sp³-hybridized carbons (Fsp3) is 0.682. The third kappa shape index (κ3) is 4.97. The van der Waals surface area contributed by atoms with Gasteiger partial charge in [0.05, 0.1) is 39.7 Å². The Hall–Kier alpha value is -0.820. The molecular formula is C22H34INO3. The van der Waals surface area contributed by atoms with Crippen molar-refractivity contribution in [3.05, 3.63) is 29.8 Å². The fourth-order valence-electron chi connectivity index (χ4n) is 4.60. The molecule has 0 N–H and O–H groups in total. The zero-order valence-corrected chi connectivity index (χ0v) is 19.3. The summed E-state index contributed by atoms with van der Waals surface area (Å²) in [5.41, 5.74) is 0.493. The highest BCUT2D eigenvalue weighted by Gasteiger charge is 2.46. The van der Waals surface area contributed by atoms with Gasteiger partial charge in [0.2, 0.25) is 0 Å². The standard InChI is InChI=1S/C22H34NO3.HI/c1-22(17-7-5-6-8-17,18-9-11-19(25-4)12-10-18)21(24)26-20-13-15-23(2,3)16-14-20;/h9-12,17,20H,5-8,13-16H2,1-4H3;1H/q+1;/p-1. The molecule has 1 aliphatic carbocycles. The minimum Gasteiger partial charge on any atom is -1.00 e. The molecule has 4 nitrogen and oxygen atoms in total. The molecule has 0 bridgehead atoms. The number of nitrogens with zero attached hydrogens (tertiary/aromatic N) is 1. The minimum absolute atomic E-state index is 0. The van der Waals surface area contributed by atoms with Crippen LogP contribution in [0, 0.1) is 5.92 Å². The number of hydrogen-bond donors (Lipinski definition) is 0. The van der Waals surface area contributed by atoms with Crippen molar-refractivity contribution in [3.63, 3.8) is 0 Å². The molecule has 2 aliphatic rings. The number of halogens is 1. The quantitative estimate of drug-likeness (QED) is 0.352. The molecule has 1 saturated heterocycles. The summed E-state index contributed by atoms with van der Waals surface area (Å²) in [6, 6.07) is 7.99. The average molecular weight is 487 g/mol. The second kappa shape index (κ2) is 9.12. The topological polar surface area (TPSA) is 35.5 Å². The summed E-state index contributed by atoms with van der Waals surface area (Å²) in [4.78, 5) is 13.4. The number of rotatable bonds is 5. The highest BCUT2D eigenvalue weighted by atomic mass is 127. The van der Waals surface area contributed by atoms with E-state index in [-0.39, 0.29) is 36.0 Å². The Bertz CT molecular complexity index is 615. The second-order valence-corrected chi connectivity index (χ2v) is 8.90. The molecule has 1 aliphatic heterocycles. The lowest BCUT2D eigenvalue weighted by Crippen LogP contribution is -3.00. The SMILES string of the molecule is COc1ccc(C(C)(C(=O)OC2CC[N+](C)(C)CC2)C2CCCC2)cc1.[I-]. The molecule has 0 aromatic heterocycles. The summed E-state index contributed by atoms with van der Waals surface area (Å²) in [7, 11) is 6.17. The van der Waals surface area contributed by atoms with E-state index in [0.717, 1.165) is 54.6 Å². The van der Waals surface area contributed by atoms with Gasteiger partial charge in [0.15, 0.2) is 0 Å². The van der Waals surface area contributed by atoms with Crippen molar-refractivity contribution in [1.29, 1.82) is 0 Å². The number of piperidine rings is 1. The van der Waals surface area contributed by atoms with E-state index in [0.29, 0.717) is 5.92 Å². The van der Waals surface area contributed by atoms with Gasteiger partial charge < -0.3 is 37.9 Å². The van der Waals surface area contributed by atoms with Crippen LogP contribution in [0.1, 0.15) is 51.0 Å². The summed E-state index contributed by atoms with van der Waals surface area (Å²) < 4.78 is 12.4. The van der Waals surface area contributed by atoms with Gasteiger partial charge in [-0.05, 0) is 43.4 Å². The molecule has 27 heavy (non-hydrogen) atoms. The van der Waals surface area contributed by atoms with Crippen LogP contribution in [0.15, 0.2) is 24.3 Å². The van der Waals surface area contributed by atoms with Gasteiger partial charge >= 0.3 is 5.97 Å². The maximum Gasteiger partial charge on any atom is 0.316 e. The number of carbonyl (C=O) groups excluding carboxylic acids is 1. The van der Waals surface area contributed by atoms with Gasteiger partial charge in [0.25, 0.3) is 0 Å². The lowest BCUT2D eigenvalue weighted by molar-refractivity contribution is -0.896. The van der Waals surface area contributed by atoms with Crippen LogP contribution < -0.4 is 28.7 Å². The first-order chi connectivity index (χ1) is 12.3. The molecule has 1 aromatic carbocycles. The van der Waals surface area contributed by atoms with E-state index in [1.807, 2.05) is 24.3 Å². The monoisotopic (exact) mass is 487 g/mol. The predicted octanol–water partition coefficient (Wildman–Crippen LogP) is 0.929. The summed E-state index contributed by atoms with van der Waals surface area (Å²) in [5, 5.41) is 0. The first-order valence-electron chi connectivity index (χ1n) is 10.0. The molecular weight excluding hydrogens is 453 g/mol. The number of hydrogen-bond acceptors (Lipinski definition) is 3. The summed E-state index contributed by atoms with van der Waals surface area (Å²) in [5.74, 6) is 1.15. The van der Waals surface area contributed by atoms with Crippen LogP contribution in [0.25, 0.3) is 0 Å². The van der Waals surface area contributed by atoms with Crippen molar-refractivity contribution < 1.29 is 42.7 Å². The molecule has 1 heterocycles. The summed E-state index contributed by atoms with van der Waals surface area (Å²) >= 11 is 0. The highest BCUT2D eigenvalue weighted by Crippen LogP contribution is 2.44. The van der Waals surface area contributed by atoms with Gasteiger partial charge in [0.1, 0.15) is 11.9 Å². The number of carbonyl (C=O) groups is 1. The molecule has 1 aromatic rings. The zero-order valence-electron chi connectivity index (χ0n) is 17.2. The Morgan fingerprint density at radius 1 is 1.04 bits per heavy atom. The smallest absolute Gasteiger partial charge is 0.316 e.